The third-order valence-corrected chi connectivity index (χ3v) is 5.71. The second-order valence-electron chi connectivity index (χ2n) is 7.76. The molecule has 24 heavy (non-hydrogen) atoms. The number of benzene rings is 1. The van der Waals surface area contributed by atoms with Gasteiger partial charge in [-0.1, -0.05) is 44.2 Å². The van der Waals surface area contributed by atoms with Crippen LogP contribution in [0.15, 0.2) is 30.3 Å². The van der Waals surface area contributed by atoms with Crippen molar-refractivity contribution in [2.75, 3.05) is 33.2 Å². The number of piperidine rings is 1. The van der Waals surface area contributed by atoms with Crippen molar-refractivity contribution in [2.45, 2.75) is 32.9 Å². The van der Waals surface area contributed by atoms with Gasteiger partial charge in [-0.3, -0.25) is 9.69 Å². The van der Waals surface area contributed by atoms with E-state index in [4.69, 9.17) is 0 Å². The maximum atomic E-state index is 12.8. The molecule has 0 spiro atoms. The lowest BCUT2D eigenvalue weighted by atomic mass is 9.84. The number of rotatable bonds is 4. The molecule has 0 radical (unpaired) electrons. The molecule has 4 nitrogen and oxygen atoms in total. The highest BCUT2D eigenvalue weighted by Crippen LogP contribution is 2.28. The van der Waals surface area contributed by atoms with E-state index >= 15 is 0 Å². The largest absolute Gasteiger partial charge is 0.342 e. The molecule has 3 rings (SSSR count). The molecule has 1 amide bonds. The van der Waals surface area contributed by atoms with Crippen molar-refractivity contribution in [3.8, 4) is 0 Å². The number of amides is 1. The molecular formula is C20H31N3O. The highest BCUT2D eigenvalue weighted by Gasteiger charge is 2.38. The van der Waals surface area contributed by atoms with Crippen LogP contribution in [0.1, 0.15) is 25.8 Å². The molecule has 2 saturated heterocycles. The average Bonchev–Trinajstić information content (AvgIpc) is 3.08. The van der Waals surface area contributed by atoms with Gasteiger partial charge in [0.2, 0.25) is 5.91 Å². The van der Waals surface area contributed by atoms with Gasteiger partial charge in [-0.2, -0.15) is 0 Å². The Morgan fingerprint density at radius 2 is 1.88 bits per heavy atom. The van der Waals surface area contributed by atoms with Crippen LogP contribution in [0.25, 0.3) is 0 Å². The fourth-order valence-corrected chi connectivity index (χ4v) is 4.70. The summed E-state index contributed by atoms with van der Waals surface area (Å²) >= 11 is 0. The Bertz CT molecular complexity index is 529. The van der Waals surface area contributed by atoms with Gasteiger partial charge in [0.1, 0.15) is 0 Å². The van der Waals surface area contributed by atoms with Crippen molar-refractivity contribution in [2.24, 2.45) is 17.8 Å². The molecule has 132 valence electrons. The summed E-state index contributed by atoms with van der Waals surface area (Å²) in [4.78, 5) is 17.4. The summed E-state index contributed by atoms with van der Waals surface area (Å²) in [6, 6.07) is 11.0. The number of hydrogen-bond acceptors (Lipinski definition) is 3. The van der Waals surface area contributed by atoms with Gasteiger partial charge in [-0.05, 0) is 30.4 Å². The van der Waals surface area contributed by atoms with Crippen LogP contribution in [0.5, 0.6) is 0 Å². The van der Waals surface area contributed by atoms with Crippen molar-refractivity contribution in [3.05, 3.63) is 35.9 Å². The molecule has 0 aromatic heterocycles. The van der Waals surface area contributed by atoms with Crippen molar-refractivity contribution in [1.82, 2.24) is 15.1 Å². The van der Waals surface area contributed by atoms with Crippen LogP contribution in [-0.4, -0.2) is 55.0 Å². The Labute approximate surface area is 146 Å². The van der Waals surface area contributed by atoms with Gasteiger partial charge >= 0.3 is 0 Å². The van der Waals surface area contributed by atoms with Crippen LogP contribution in [0.2, 0.25) is 0 Å². The average molecular weight is 329 g/mol. The quantitative estimate of drug-likeness (QED) is 0.920. The number of nitrogens with zero attached hydrogens (tertiary/aromatic N) is 2. The van der Waals surface area contributed by atoms with E-state index in [1.165, 1.54) is 5.56 Å². The fraction of sp³-hybridized carbons (Fsp3) is 0.650. The lowest BCUT2D eigenvalue weighted by Gasteiger charge is -2.46. The normalized spacial score (nSPS) is 31.1. The van der Waals surface area contributed by atoms with E-state index in [0.29, 0.717) is 23.8 Å². The number of nitrogens with one attached hydrogen (secondary N) is 1. The minimum Gasteiger partial charge on any atom is -0.342 e. The molecular weight excluding hydrogens is 298 g/mol. The summed E-state index contributed by atoms with van der Waals surface area (Å²) < 4.78 is 0. The summed E-state index contributed by atoms with van der Waals surface area (Å²) in [5.74, 6) is 1.51. The molecule has 2 fully saturated rings. The lowest BCUT2D eigenvalue weighted by molar-refractivity contribution is -0.139. The zero-order chi connectivity index (χ0) is 17.1. The fourth-order valence-electron chi connectivity index (χ4n) is 4.70. The lowest BCUT2D eigenvalue weighted by Crippen LogP contribution is -2.56. The summed E-state index contributed by atoms with van der Waals surface area (Å²) in [5, 5.41) is 3.31. The SMILES string of the molecule is CC1CN(Cc2ccccc2)CC(C)C1N(C)C(=O)C1CCNC1. The number of carbonyl (C=O) groups is 1. The summed E-state index contributed by atoms with van der Waals surface area (Å²) in [5.41, 5.74) is 1.37. The molecule has 3 atom stereocenters. The minimum absolute atomic E-state index is 0.178. The van der Waals surface area contributed by atoms with Gasteiger partial charge in [-0.15, -0.1) is 0 Å². The van der Waals surface area contributed by atoms with Crippen LogP contribution in [-0.2, 0) is 11.3 Å². The van der Waals surface area contributed by atoms with E-state index in [1.807, 2.05) is 7.05 Å². The van der Waals surface area contributed by atoms with E-state index < -0.39 is 0 Å². The van der Waals surface area contributed by atoms with Crippen LogP contribution in [0, 0.1) is 17.8 Å². The smallest absolute Gasteiger partial charge is 0.227 e. The van der Waals surface area contributed by atoms with Crippen molar-refractivity contribution in [3.63, 3.8) is 0 Å². The third kappa shape index (κ3) is 3.81. The molecule has 0 saturated carbocycles. The first kappa shape index (κ1) is 17.4. The predicted molar refractivity (Wildman–Crippen MR) is 97.6 cm³/mol. The third-order valence-electron chi connectivity index (χ3n) is 5.71. The number of hydrogen-bond donors (Lipinski definition) is 1. The van der Waals surface area contributed by atoms with Crippen LogP contribution in [0.3, 0.4) is 0 Å². The van der Waals surface area contributed by atoms with Crippen molar-refractivity contribution >= 4 is 5.91 Å². The second kappa shape index (κ2) is 7.66. The predicted octanol–water partition coefficient (Wildman–Crippen LogP) is 2.21. The summed E-state index contributed by atoms with van der Waals surface area (Å²) in [6.45, 7) is 9.55. The molecule has 0 aliphatic carbocycles. The van der Waals surface area contributed by atoms with Gasteiger partial charge < -0.3 is 10.2 Å². The second-order valence-corrected chi connectivity index (χ2v) is 7.76. The van der Waals surface area contributed by atoms with Crippen LogP contribution in [0.4, 0.5) is 0 Å². The standard InChI is InChI=1S/C20H31N3O/c1-15-12-23(14-17-7-5-4-6-8-17)13-16(2)19(15)22(3)20(24)18-9-10-21-11-18/h4-8,15-16,18-19,21H,9-14H2,1-3H3. The summed E-state index contributed by atoms with van der Waals surface area (Å²) in [7, 11) is 2.02. The first-order chi connectivity index (χ1) is 11.6. The Morgan fingerprint density at radius 1 is 1.21 bits per heavy atom. The molecule has 0 bridgehead atoms. The van der Waals surface area contributed by atoms with Crippen molar-refractivity contribution < 1.29 is 4.79 Å². The molecule has 2 heterocycles. The van der Waals surface area contributed by atoms with E-state index in [2.05, 4.69) is 59.3 Å². The maximum Gasteiger partial charge on any atom is 0.227 e. The van der Waals surface area contributed by atoms with E-state index in [1.54, 1.807) is 0 Å². The number of likely N-dealkylation sites (tertiary alicyclic amines) is 1. The van der Waals surface area contributed by atoms with Gasteiger partial charge in [0.05, 0.1) is 5.92 Å². The highest BCUT2D eigenvalue weighted by molar-refractivity contribution is 5.79. The van der Waals surface area contributed by atoms with Crippen molar-refractivity contribution in [1.29, 1.82) is 0 Å². The van der Waals surface area contributed by atoms with Crippen LogP contribution < -0.4 is 5.32 Å². The first-order valence-corrected chi connectivity index (χ1v) is 9.30. The molecule has 2 aliphatic rings. The zero-order valence-electron chi connectivity index (χ0n) is 15.2. The van der Waals surface area contributed by atoms with E-state index in [9.17, 15) is 4.79 Å². The molecule has 1 aromatic carbocycles. The van der Waals surface area contributed by atoms with Gasteiger partial charge in [0.15, 0.2) is 0 Å². The Hall–Kier alpha value is -1.39. The van der Waals surface area contributed by atoms with E-state index in [-0.39, 0.29) is 5.92 Å². The van der Waals surface area contributed by atoms with Gasteiger partial charge in [0.25, 0.3) is 0 Å². The molecule has 2 aliphatic heterocycles. The minimum atomic E-state index is 0.178. The molecule has 3 unspecified atom stereocenters. The molecule has 1 aromatic rings. The Balaban J connectivity index is 1.61. The molecule has 1 N–H and O–H groups in total. The van der Waals surface area contributed by atoms with E-state index in [0.717, 1.165) is 39.1 Å². The Morgan fingerprint density at radius 3 is 2.46 bits per heavy atom. The zero-order valence-corrected chi connectivity index (χ0v) is 15.2. The molecule has 4 heteroatoms. The monoisotopic (exact) mass is 329 g/mol. The summed E-state index contributed by atoms with van der Waals surface area (Å²) in [6.07, 6.45) is 0.985. The topological polar surface area (TPSA) is 35.6 Å². The van der Waals surface area contributed by atoms with Crippen LogP contribution >= 0.6 is 0 Å². The van der Waals surface area contributed by atoms with Gasteiger partial charge in [-0.25, -0.2) is 0 Å². The Kier molecular flexibility index (Phi) is 5.57. The highest BCUT2D eigenvalue weighted by atomic mass is 16.2. The first-order valence-electron chi connectivity index (χ1n) is 9.30. The maximum absolute atomic E-state index is 12.8. The van der Waals surface area contributed by atoms with Gasteiger partial charge in [0, 0.05) is 39.3 Å². The number of carbonyl (C=O) groups excluding carboxylic acids is 1.